The van der Waals surface area contributed by atoms with Crippen LogP contribution in [0.15, 0.2) is 60.7 Å². The lowest BCUT2D eigenvalue weighted by Gasteiger charge is -2.16. The molecule has 5 aromatic rings. The first-order valence-electron chi connectivity index (χ1n) is 7.53. The molecule has 22 heavy (non-hydrogen) atoms. The first kappa shape index (κ1) is 11.8. The van der Waals surface area contributed by atoms with E-state index < -0.39 is 0 Å². The molecule has 0 aliphatic rings. The summed E-state index contributed by atoms with van der Waals surface area (Å²) in [5, 5.41) is 20.1. The Kier molecular flexibility index (Phi) is 2.09. The van der Waals surface area contributed by atoms with Crippen LogP contribution in [-0.4, -0.2) is 5.11 Å². The maximum atomic E-state index is 10.7. The lowest BCUT2D eigenvalue weighted by Crippen LogP contribution is -1.88. The standard InChI is InChI=1S/C21H14O/c1-12-11-14-7-4-9-16-15-8-2-5-13-6-3-10-17(18(13)15)20(19(14)16)21(12)22/h2-11,22H,1H3. The third kappa shape index (κ3) is 1.29. The molecule has 0 atom stereocenters. The second-order valence-corrected chi connectivity index (χ2v) is 6.03. The van der Waals surface area contributed by atoms with E-state index in [1.807, 2.05) is 6.92 Å². The maximum Gasteiger partial charge on any atom is 0.126 e. The molecule has 0 saturated carbocycles. The van der Waals surface area contributed by atoms with Gasteiger partial charge in [-0.3, -0.25) is 0 Å². The number of hydrogen-bond donors (Lipinski definition) is 1. The summed E-state index contributed by atoms with van der Waals surface area (Å²) in [5.74, 6) is 0.405. The number of phenols is 1. The number of phenolic OH excluding ortho intramolecular Hbond substituents is 1. The zero-order valence-electron chi connectivity index (χ0n) is 12.2. The van der Waals surface area contributed by atoms with Crippen LogP contribution in [0.4, 0.5) is 0 Å². The van der Waals surface area contributed by atoms with Crippen LogP contribution in [-0.2, 0) is 0 Å². The lowest BCUT2D eigenvalue weighted by atomic mass is 9.88. The Morgan fingerprint density at radius 1 is 0.636 bits per heavy atom. The van der Waals surface area contributed by atoms with Gasteiger partial charge in [0.25, 0.3) is 0 Å². The molecule has 0 bridgehead atoms. The lowest BCUT2D eigenvalue weighted by molar-refractivity contribution is 0.478. The average Bonchev–Trinajstić information content (AvgIpc) is 2.55. The second-order valence-electron chi connectivity index (χ2n) is 6.03. The molecule has 0 spiro atoms. The molecular formula is C21H14O. The third-order valence-electron chi connectivity index (χ3n) is 4.79. The summed E-state index contributed by atoms with van der Waals surface area (Å²) in [6.07, 6.45) is 0. The predicted octanol–water partition coefficient (Wildman–Crippen LogP) is 5.75. The predicted molar refractivity (Wildman–Crippen MR) is 94.1 cm³/mol. The van der Waals surface area contributed by atoms with Crippen LogP contribution in [0.3, 0.4) is 0 Å². The van der Waals surface area contributed by atoms with E-state index in [2.05, 4.69) is 60.7 Å². The van der Waals surface area contributed by atoms with Crippen molar-refractivity contribution in [1.82, 2.24) is 0 Å². The van der Waals surface area contributed by atoms with E-state index in [-0.39, 0.29) is 0 Å². The summed E-state index contributed by atoms with van der Waals surface area (Å²) >= 11 is 0. The van der Waals surface area contributed by atoms with E-state index >= 15 is 0 Å². The summed E-state index contributed by atoms with van der Waals surface area (Å²) < 4.78 is 0. The highest BCUT2D eigenvalue weighted by Gasteiger charge is 2.16. The minimum Gasteiger partial charge on any atom is -0.507 e. The van der Waals surface area contributed by atoms with Gasteiger partial charge >= 0.3 is 0 Å². The summed E-state index contributed by atoms with van der Waals surface area (Å²) in [6.45, 7) is 1.97. The van der Waals surface area contributed by atoms with Gasteiger partial charge in [-0.1, -0.05) is 54.6 Å². The van der Waals surface area contributed by atoms with Gasteiger partial charge in [0, 0.05) is 10.8 Å². The highest BCUT2D eigenvalue weighted by molar-refractivity contribution is 6.34. The van der Waals surface area contributed by atoms with E-state index in [1.165, 1.54) is 26.9 Å². The van der Waals surface area contributed by atoms with Crippen LogP contribution in [0.1, 0.15) is 5.56 Å². The van der Waals surface area contributed by atoms with Crippen molar-refractivity contribution in [2.45, 2.75) is 6.92 Å². The van der Waals surface area contributed by atoms with Gasteiger partial charge in [0.1, 0.15) is 5.75 Å². The quantitative estimate of drug-likeness (QED) is 0.283. The zero-order chi connectivity index (χ0) is 14.8. The average molecular weight is 282 g/mol. The number of fused-ring (bicyclic) bond motifs is 2. The van der Waals surface area contributed by atoms with E-state index in [4.69, 9.17) is 0 Å². The van der Waals surface area contributed by atoms with E-state index in [9.17, 15) is 5.11 Å². The van der Waals surface area contributed by atoms with Crippen molar-refractivity contribution in [3.05, 3.63) is 66.2 Å². The Labute approximate surface area is 127 Å². The molecule has 0 aliphatic carbocycles. The Morgan fingerprint density at radius 3 is 1.95 bits per heavy atom. The van der Waals surface area contributed by atoms with Gasteiger partial charge < -0.3 is 5.11 Å². The van der Waals surface area contributed by atoms with Crippen molar-refractivity contribution >= 4 is 43.1 Å². The smallest absolute Gasteiger partial charge is 0.126 e. The van der Waals surface area contributed by atoms with Crippen LogP contribution >= 0.6 is 0 Å². The number of rotatable bonds is 0. The molecule has 5 aromatic carbocycles. The largest absolute Gasteiger partial charge is 0.507 e. The minimum atomic E-state index is 0.405. The van der Waals surface area contributed by atoms with Crippen molar-refractivity contribution in [2.75, 3.05) is 0 Å². The van der Waals surface area contributed by atoms with E-state index in [0.717, 1.165) is 21.7 Å². The van der Waals surface area contributed by atoms with Crippen LogP contribution in [0.5, 0.6) is 5.75 Å². The highest BCUT2D eigenvalue weighted by atomic mass is 16.3. The van der Waals surface area contributed by atoms with Gasteiger partial charge in [-0.25, -0.2) is 0 Å². The van der Waals surface area contributed by atoms with Crippen molar-refractivity contribution in [3.63, 3.8) is 0 Å². The number of aryl methyl sites for hydroxylation is 1. The van der Waals surface area contributed by atoms with Crippen molar-refractivity contribution < 1.29 is 5.11 Å². The Morgan fingerprint density at radius 2 is 1.23 bits per heavy atom. The summed E-state index contributed by atoms with van der Waals surface area (Å²) in [5.41, 5.74) is 0.927. The van der Waals surface area contributed by atoms with Gasteiger partial charge in [0.15, 0.2) is 0 Å². The van der Waals surface area contributed by atoms with Crippen molar-refractivity contribution in [3.8, 4) is 5.75 Å². The van der Waals surface area contributed by atoms with E-state index in [0.29, 0.717) is 5.75 Å². The van der Waals surface area contributed by atoms with E-state index in [1.54, 1.807) is 0 Å². The first-order chi connectivity index (χ1) is 10.8. The van der Waals surface area contributed by atoms with Gasteiger partial charge in [0.05, 0.1) is 0 Å². The molecule has 0 aromatic heterocycles. The number of hydrogen-bond acceptors (Lipinski definition) is 1. The summed E-state index contributed by atoms with van der Waals surface area (Å²) in [6, 6.07) is 21.2. The normalized spacial score (nSPS) is 12.0. The molecular weight excluding hydrogens is 268 g/mol. The monoisotopic (exact) mass is 282 g/mol. The molecule has 1 heteroatoms. The summed E-state index contributed by atoms with van der Waals surface area (Å²) in [7, 11) is 0. The molecule has 0 fully saturated rings. The molecule has 104 valence electrons. The molecule has 0 amide bonds. The van der Waals surface area contributed by atoms with Gasteiger partial charge in [-0.15, -0.1) is 0 Å². The zero-order valence-corrected chi connectivity index (χ0v) is 12.2. The third-order valence-corrected chi connectivity index (χ3v) is 4.79. The van der Waals surface area contributed by atoms with Crippen molar-refractivity contribution in [2.24, 2.45) is 0 Å². The second kappa shape index (κ2) is 3.89. The van der Waals surface area contributed by atoms with Crippen molar-refractivity contribution in [1.29, 1.82) is 0 Å². The fraction of sp³-hybridized carbons (Fsp3) is 0.0476. The fourth-order valence-electron chi connectivity index (χ4n) is 3.85. The molecule has 1 N–H and O–H groups in total. The van der Waals surface area contributed by atoms with Gasteiger partial charge in [0.2, 0.25) is 0 Å². The number of benzene rings is 5. The summed E-state index contributed by atoms with van der Waals surface area (Å²) in [4.78, 5) is 0. The van der Waals surface area contributed by atoms with Crippen LogP contribution < -0.4 is 0 Å². The van der Waals surface area contributed by atoms with Gasteiger partial charge in [-0.2, -0.15) is 0 Å². The maximum absolute atomic E-state index is 10.7. The molecule has 0 saturated heterocycles. The SMILES string of the molecule is Cc1cc2cccc3c4cccc5cccc(c(c1O)c23)c54. The molecule has 0 heterocycles. The highest BCUT2D eigenvalue weighted by Crippen LogP contribution is 2.44. The molecule has 5 rings (SSSR count). The Balaban J connectivity index is 2.31. The number of aromatic hydroxyl groups is 1. The molecule has 0 radical (unpaired) electrons. The van der Waals surface area contributed by atoms with Gasteiger partial charge in [-0.05, 0) is 50.9 Å². The minimum absolute atomic E-state index is 0.405. The van der Waals surface area contributed by atoms with Crippen LogP contribution in [0.2, 0.25) is 0 Å². The molecule has 0 unspecified atom stereocenters. The molecule has 1 nitrogen and oxygen atoms in total. The fourth-order valence-corrected chi connectivity index (χ4v) is 3.85. The van der Waals surface area contributed by atoms with Crippen LogP contribution in [0, 0.1) is 6.92 Å². The topological polar surface area (TPSA) is 20.2 Å². The Hall–Kier alpha value is -2.80. The van der Waals surface area contributed by atoms with Crippen LogP contribution in [0.25, 0.3) is 43.1 Å². The Bertz CT molecular complexity index is 1180. The first-order valence-corrected chi connectivity index (χ1v) is 7.53. The molecule has 0 aliphatic heterocycles.